The van der Waals surface area contributed by atoms with Crippen LogP contribution in [0.25, 0.3) is 0 Å². The largest absolute Gasteiger partial charge is 0.478 e. The highest BCUT2D eigenvalue weighted by Gasteiger charge is 2.10. The van der Waals surface area contributed by atoms with Crippen molar-refractivity contribution in [1.29, 1.82) is 0 Å². The molecule has 1 aromatic carbocycles. The molecule has 0 atom stereocenters. The third-order valence-corrected chi connectivity index (χ3v) is 2.02. The molecule has 2 N–H and O–H groups in total. The summed E-state index contributed by atoms with van der Waals surface area (Å²) in [6, 6.07) is 5.28. The average Bonchev–Trinajstić information content (AvgIpc) is 2.16. The standard InChI is InChI=1S/C10H14N2O2/c1-11-9-5-4-7(12(2)3)6-8(9)10(13)14/h4-6,11H,1-3H3,(H,13,14). The minimum absolute atomic E-state index is 0.290. The highest BCUT2D eigenvalue weighted by Crippen LogP contribution is 2.21. The van der Waals surface area contributed by atoms with Gasteiger partial charge in [-0.1, -0.05) is 0 Å². The van der Waals surface area contributed by atoms with Crippen LogP contribution in [0.1, 0.15) is 10.4 Å². The lowest BCUT2D eigenvalue weighted by molar-refractivity contribution is 0.0698. The second-order valence-corrected chi connectivity index (χ2v) is 3.18. The number of anilines is 2. The highest BCUT2D eigenvalue weighted by atomic mass is 16.4. The first-order valence-corrected chi connectivity index (χ1v) is 4.28. The van der Waals surface area contributed by atoms with Gasteiger partial charge in [-0.25, -0.2) is 4.79 Å². The summed E-state index contributed by atoms with van der Waals surface area (Å²) in [4.78, 5) is 12.8. The Morgan fingerprint density at radius 2 is 2.07 bits per heavy atom. The van der Waals surface area contributed by atoms with Crippen molar-refractivity contribution in [3.63, 3.8) is 0 Å². The molecule has 1 aromatic rings. The van der Waals surface area contributed by atoms with Crippen molar-refractivity contribution in [3.8, 4) is 0 Å². The van der Waals surface area contributed by atoms with E-state index in [2.05, 4.69) is 5.32 Å². The molecule has 0 aliphatic carbocycles. The van der Waals surface area contributed by atoms with E-state index in [9.17, 15) is 4.79 Å². The molecule has 1 rings (SSSR count). The van der Waals surface area contributed by atoms with Gasteiger partial charge in [0.05, 0.1) is 5.56 Å². The zero-order valence-corrected chi connectivity index (χ0v) is 8.53. The van der Waals surface area contributed by atoms with Crippen LogP contribution in [0.15, 0.2) is 18.2 Å². The fraction of sp³-hybridized carbons (Fsp3) is 0.300. The van der Waals surface area contributed by atoms with Crippen LogP contribution in [0, 0.1) is 0 Å². The quantitative estimate of drug-likeness (QED) is 0.765. The Balaban J connectivity index is 3.21. The van der Waals surface area contributed by atoms with Crippen molar-refractivity contribution in [2.45, 2.75) is 0 Å². The predicted molar refractivity (Wildman–Crippen MR) is 57.3 cm³/mol. The van der Waals surface area contributed by atoms with Crippen molar-refractivity contribution in [2.24, 2.45) is 0 Å². The van der Waals surface area contributed by atoms with E-state index in [1.807, 2.05) is 25.1 Å². The number of hydrogen-bond acceptors (Lipinski definition) is 3. The molecule has 0 saturated carbocycles. The molecule has 4 nitrogen and oxygen atoms in total. The SMILES string of the molecule is CNc1ccc(N(C)C)cc1C(=O)O. The monoisotopic (exact) mass is 194 g/mol. The maximum atomic E-state index is 10.9. The number of aromatic carboxylic acids is 1. The number of nitrogens with one attached hydrogen (secondary N) is 1. The van der Waals surface area contributed by atoms with Gasteiger partial charge in [0.2, 0.25) is 0 Å². The molecule has 0 amide bonds. The van der Waals surface area contributed by atoms with E-state index in [-0.39, 0.29) is 0 Å². The summed E-state index contributed by atoms with van der Waals surface area (Å²) < 4.78 is 0. The zero-order chi connectivity index (χ0) is 10.7. The number of nitrogens with zero attached hydrogens (tertiary/aromatic N) is 1. The average molecular weight is 194 g/mol. The molecule has 0 unspecified atom stereocenters. The fourth-order valence-electron chi connectivity index (χ4n) is 1.21. The van der Waals surface area contributed by atoms with Crippen LogP contribution in [0.3, 0.4) is 0 Å². The minimum Gasteiger partial charge on any atom is -0.478 e. The van der Waals surface area contributed by atoms with E-state index in [1.54, 1.807) is 19.2 Å². The summed E-state index contributed by atoms with van der Waals surface area (Å²) >= 11 is 0. The van der Waals surface area contributed by atoms with E-state index in [1.165, 1.54) is 0 Å². The minimum atomic E-state index is -0.918. The third kappa shape index (κ3) is 1.96. The third-order valence-electron chi connectivity index (χ3n) is 2.02. The van der Waals surface area contributed by atoms with Gasteiger partial charge < -0.3 is 15.3 Å². The lowest BCUT2D eigenvalue weighted by Crippen LogP contribution is -2.11. The van der Waals surface area contributed by atoms with Crippen LogP contribution < -0.4 is 10.2 Å². The number of benzene rings is 1. The van der Waals surface area contributed by atoms with E-state index < -0.39 is 5.97 Å². The van der Waals surface area contributed by atoms with Crippen molar-refractivity contribution in [2.75, 3.05) is 31.4 Å². The number of rotatable bonds is 3. The van der Waals surface area contributed by atoms with Crippen molar-refractivity contribution in [1.82, 2.24) is 0 Å². The smallest absolute Gasteiger partial charge is 0.337 e. The van der Waals surface area contributed by atoms with E-state index in [0.29, 0.717) is 11.3 Å². The summed E-state index contributed by atoms with van der Waals surface area (Å²) in [5.41, 5.74) is 1.79. The second-order valence-electron chi connectivity index (χ2n) is 3.18. The van der Waals surface area contributed by atoms with Crippen LogP contribution in [-0.2, 0) is 0 Å². The first-order valence-electron chi connectivity index (χ1n) is 4.28. The maximum Gasteiger partial charge on any atom is 0.337 e. The van der Waals surface area contributed by atoms with E-state index in [4.69, 9.17) is 5.11 Å². The Bertz CT molecular complexity index is 348. The summed E-state index contributed by atoms with van der Waals surface area (Å²) in [5.74, 6) is -0.918. The Morgan fingerprint density at radius 3 is 2.50 bits per heavy atom. The van der Waals surface area contributed by atoms with Crippen LogP contribution in [-0.4, -0.2) is 32.2 Å². The van der Waals surface area contributed by atoms with Gasteiger partial charge in [0.15, 0.2) is 0 Å². The summed E-state index contributed by atoms with van der Waals surface area (Å²) in [6.07, 6.45) is 0. The number of hydrogen-bond donors (Lipinski definition) is 2. The molecule has 0 bridgehead atoms. The van der Waals surface area contributed by atoms with Gasteiger partial charge in [-0.3, -0.25) is 0 Å². The molecule has 76 valence electrons. The topological polar surface area (TPSA) is 52.6 Å². The molecule has 0 spiro atoms. The molecule has 4 heteroatoms. The number of carboxylic acid groups (broad SMARTS) is 1. The first-order chi connectivity index (χ1) is 6.56. The maximum absolute atomic E-state index is 10.9. The second kappa shape index (κ2) is 4.00. The Morgan fingerprint density at radius 1 is 1.43 bits per heavy atom. The van der Waals surface area contributed by atoms with Crippen LogP contribution in [0.4, 0.5) is 11.4 Å². The Labute approximate surface area is 83.2 Å². The molecule has 0 saturated heterocycles. The molecular formula is C10H14N2O2. The van der Waals surface area contributed by atoms with Gasteiger partial charge in [-0.15, -0.1) is 0 Å². The molecule has 0 fully saturated rings. The van der Waals surface area contributed by atoms with Gasteiger partial charge >= 0.3 is 5.97 Å². The molecule has 14 heavy (non-hydrogen) atoms. The summed E-state index contributed by atoms with van der Waals surface area (Å²) in [5, 5.41) is 11.8. The van der Waals surface area contributed by atoms with E-state index in [0.717, 1.165) is 5.69 Å². The summed E-state index contributed by atoms with van der Waals surface area (Å²) in [7, 11) is 5.46. The fourth-order valence-corrected chi connectivity index (χ4v) is 1.21. The van der Waals surface area contributed by atoms with Crippen molar-refractivity contribution in [3.05, 3.63) is 23.8 Å². The molecule has 0 radical (unpaired) electrons. The van der Waals surface area contributed by atoms with Gasteiger partial charge in [0, 0.05) is 32.5 Å². The molecule has 0 aliphatic rings. The predicted octanol–water partition coefficient (Wildman–Crippen LogP) is 1.49. The van der Waals surface area contributed by atoms with Crippen molar-refractivity contribution < 1.29 is 9.90 Å². The number of carbonyl (C=O) groups is 1. The lowest BCUT2D eigenvalue weighted by Gasteiger charge is -2.14. The van der Waals surface area contributed by atoms with Crippen LogP contribution in [0.5, 0.6) is 0 Å². The highest BCUT2D eigenvalue weighted by molar-refractivity contribution is 5.95. The first kappa shape index (κ1) is 10.4. The Kier molecular flexibility index (Phi) is 2.96. The van der Waals surface area contributed by atoms with Gasteiger partial charge in [0.25, 0.3) is 0 Å². The van der Waals surface area contributed by atoms with Crippen LogP contribution >= 0.6 is 0 Å². The Hall–Kier alpha value is -1.71. The zero-order valence-electron chi connectivity index (χ0n) is 8.53. The van der Waals surface area contributed by atoms with Gasteiger partial charge in [-0.2, -0.15) is 0 Å². The normalized spacial score (nSPS) is 9.64. The summed E-state index contributed by atoms with van der Waals surface area (Å²) in [6.45, 7) is 0. The lowest BCUT2D eigenvalue weighted by atomic mass is 10.1. The van der Waals surface area contributed by atoms with Gasteiger partial charge in [-0.05, 0) is 18.2 Å². The van der Waals surface area contributed by atoms with E-state index >= 15 is 0 Å². The molecule has 0 aromatic heterocycles. The molecule has 0 aliphatic heterocycles. The number of carboxylic acids is 1. The molecule has 0 heterocycles. The van der Waals surface area contributed by atoms with Crippen LogP contribution in [0.2, 0.25) is 0 Å². The van der Waals surface area contributed by atoms with Crippen molar-refractivity contribution >= 4 is 17.3 Å². The van der Waals surface area contributed by atoms with Gasteiger partial charge in [0.1, 0.15) is 0 Å². The molecular weight excluding hydrogens is 180 g/mol.